The largest absolute Gasteiger partial charge is 0.465 e. The first-order valence-corrected chi connectivity index (χ1v) is 6.11. The standard InChI is InChI=1S/C12H23NO2/c1-3-5-10(2)9-15-12(14)8-11-6-4-7-13-11/h10-11,13H,3-9H2,1-2H3. The highest BCUT2D eigenvalue weighted by molar-refractivity contribution is 5.70. The van der Waals surface area contributed by atoms with E-state index in [0.717, 1.165) is 25.8 Å². The van der Waals surface area contributed by atoms with Crippen LogP contribution in [0.1, 0.15) is 46.0 Å². The van der Waals surface area contributed by atoms with Gasteiger partial charge in [-0.3, -0.25) is 4.79 Å². The maximum Gasteiger partial charge on any atom is 0.307 e. The SMILES string of the molecule is CCCC(C)COC(=O)CC1CCCN1. The fourth-order valence-electron chi connectivity index (χ4n) is 2.00. The van der Waals surface area contributed by atoms with Crippen LogP contribution in [0.15, 0.2) is 0 Å². The van der Waals surface area contributed by atoms with E-state index in [4.69, 9.17) is 4.74 Å². The summed E-state index contributed by atoms with van der Waals surface area (Å²) in [5, 5.41) is 3.30. The highest BCUT2D eigenvalue weighted by Crippen LogP contribution is 2.11. The summed E-state index contributed by atoms with van der Waals surface area (Å²) in [7, 11) is 0. The lowest BCUT2D eigenvalue weighted by molar-refractivity contribution is -0.145. The highest BCUT2D eigenvalue weighted by atomic mass is 16.5. The monoisotopic (exact) mass is 213 g/mol. The van der Waals surface area contributed by atoms with Crippen molar-refractivity contribution in [3.05, 3.63) is 0 Å². The van der Waals surface area contributed by atoms with E-state index in [0.29, 0.717) is 25.0 Å². The fraction of sp³-hybridized carbons (Fsp3) is 0.917. The zero-order valence-electron chi connectivity index (χ0n) is 9.92. The molecule has 1 heterocycles. The molecule has 0 amide bonds. The van der Waals surface area contributed by atoms with Crippen molar-refractivity contribution in [3.8, 4) is 0 Å². The Labute approximate surface area is 92.6 Å². The van der Waals surface area contributed by atoms with Gasteiger partial charge in [0.1, 0.15) is 0 Å². The summed E-state index contributed by atoms with van der Waals surface area (Å²) in [6.07, 6.45) is 5.13. The molecule has 0 aromatic heterocycles. The molecule has 0 aromatic rings. The molecular weight excluding hydrogens is 190 g/mol. The van der Waals surface area contributed by atoms with Gasteiger partial charge in [-0.25, -0.2) is 0 Å². The van der Waals surface area contributed by atoms with Gasteiger partial charge in [-0.2, -0.15) is 0 Å². The molecule has 2 atom stereocenters. The second-order valence-corrected chi connectivity index (χ2v) is 4.57. The number of hydrogen-bond acceptors (Lipinski definition) is 3. The quantitative estimate of drug-likeness (QED) is 0.687. The zero-order valence-corrected chi connectivity index (χ0v) is 9.92. The lowest BCUT2D eigenvalue weighted by Crippen LogP contribution is -2.26. The minimum atomic E-state index is -0.0441. The molecule has 1 N–H and O–H groups in total. The zero-order chi connectivity index (χ0) is 11.1. The van der Waals surface area contributed by atoms with Gasteiger partial charge in [0, 0.05) is 6.04 Å². The summed E-state index contributed by atoms with van der Waals surface area (Å²) in [5.41, 5.74) is 0. The molecule has 1 saturated heterocycles. The molecule has 1 rings (SSSR count). The van der Waals surface area contributed by atoms with E-state index in [2.05, 4.69) is 19.2 Å². The smallest absolute Gasteiger partial charge is 0.307 e. The van der Waals surface area contributed by atoms with Crippen molar-refractivity contribution in [3.63, 3.8) is 0 Å². The summed E-state index contributed by atoms with van der Waals surface area (Å²) < 4.78 is 5.24. The fourth-order valence-corrected chi connectivity index (χ4v) is 2.00. The number of nitrogens with one attached hydrogen (secondary N) is 1. The number of rotatable bonds is 6. The van der Waals surface area contributed by atoms with Crippen LogP contribution in [0.3, 0.4) is 0 Å². The van der Waals surface area contributed by atoms with E-state index >= 15 is 0 Å². The summed E-state index contributed by atoms with van der Waals surface area (Å²) in [4.78, 5) is 11.4. The molecule has 15 heavy (non-hydrogen) atoms. The average Bonchev–Trinajstić information content (AvgIpc) is 2.68. The van der Waals surface area contributed by atoms with Gasteiger partial charge in [-0.05, 0) is 31.7 Å². The van der Waals surface area contributed by atoms with Crippen LogP contribution < -0.4 is 5.32 Å². The van der Waals surface area contributed by atoms with Crippen molar-refractivity contribution >= 4 is 5.97 Å². The van der Waals surface area contributed by atoms with E-state index in [1.165, 1.54) is 6.42 Å². The third-order valence-electron chi connectivity index (χ3n) is 2.89. The number of carbonyl (C=O) groups excluding carboxylic acids is 1. The molecule has 3 nitrogen and oxygen atoms in total. The second kappa shape index (κ2) is 6.83. The molecule has 0 radical (unpaired) electrons. The third-order valence-corrected chi connectivity index (χ3v) is 2.89. The van der Waals surface area contributed by atoms with Crippen molar-refractivity contribution in [2.75, 3.05) is 13.2 Å². The van der Waals surface area contributed by atoms with Crippen molar-refractivity contribution in [1.82, 2.24) is 5.32 Å². The van der Waals surface area contributed by atoms with Crippen LogP contribution in [0.25, 0.3) is 0 Å². The first-order valence-electron chi connectivity index (χ1n) is 6.11. The number of ether oxygens (including phenoxy) is 1. The van der Waals surface area contributed by atoms with Crippen LogP contribution in [0, 0.1) is 5.92 Å². The molecule has 0 spiro atoms. The number of carbonyl (C=O) groups is 1. The maximum atomic E-state index is 11.4. The summed E-state index contributed by atoms with van der Waals surface area (Å²) >= 11 is 0. The molecule has 2 unspecified atom stereocenters. The van der Waals surface area contributed by atoms with Gasteiger partial charge in [0.2, 0.25) is 0 Å². The molecule has 88 valence electrons. The minimum absolute atomic E-state index is 0.0441. The molecular formula is C12H23NO2. The predicted molar refractivity (Wildman–Crippen MR) is 60.7 cm³/mol. The van der Waals surface area contributed by atoms with Crippen molar-refractivity contribution < 1.29 is 9.53 Å². The Morgan fingerprint density at radius 3 is 3.00 bits per heavy atom. The van der Waals surface area contributed by atoms with Crippen LogP contribution in [0.2, 0.25) is 0 Å². The molecule has 0 aliphatic carbocycles. The van der Waals surface area contributed by atoms with Gasteiger partial charge >= 0.3 is 5.97 Å². The lowest BCUT2D eigenvalue weighted by atomic mass is 10.1. The van der Waals surface area contributed by atoms with Crippen LogP contribution >= 0.6 is 0 Å². The normalized spacial score (nSPS) is 22.7. The van der Waals surface area contributed by atoms with E-state index in [-0.39, 0.29) is 5.97 Å². The van der Waals surface area contributed by atoms with Gasteiger partial charge in [0.15, 0.2) is 0 Å². The molecule has 1 aliphatic rings. The Morgan fingerprint density at radius 1 is 1.60 bits per heavy atom. The van der Waals surface area contributed by atoms with Crippen LogP contribution in [-0.4, -0.2) is 25.2 Å². The topological polar surface area (TPSA) is 38.3 Å². The average molecular weight is 213 g/mol. The van der Waals surface area contributed by atoms with Crippen molar-refractivity contribution in [2.45, 2.75) is 52.0 Å². The predicted octanol–water partition coefficient (Wildman–Crippen LogP) is 2.11. The Hall–Kier alpha value is -0.570. The second-order valence-electron chi connectivity index (χ2n) is 4.57. The lowest BCUT2D eigenvalue weighted by Gasteiger charge is -2.13. The first-order chi connectivity index (χ1) is 7.22. The van der Waals surface area contributed by atoms with Crippen LogP contribution in [-0.2, 0) is 9.53 Å². The minimum Gasteiger partial charge on any atom is -0.465 e. The maximum absolute atomic E-state index is 11.4. The molecule has 0 saturated carbocycles. The van der Waals surface area contributed by atoms with E-state index in [1.807, 2.05) is 0 Å². The Bertz CT molecular complexity index is 188. The summed E-state index contributed by atoms with van der Waals surface area (Å²) in [5.74, 6) is 0.452. The molecule has 1 aliphatic heterocycles. The van der Waals surface area contributed by atoms with Crippen molar-refractivity contribution in [2.24, 2.45) is 5.92 Å². The van der Waals surface area contributed by atoms with Gasteiger partial charge in [0.25, 0.3) is 0 Å². The van der Waals surface area contributed by atoms with Gasteiger partial charge in [-0.1, -0.05) is 20.3 Å². The van der Waals surface area contributed by atoms with E-state index in [1.54, 1.807) is 0 Å². The Balaban J connectivity index is 2.07. The Kier molecular flexibility index (Phi) is 5.69. The number of hydrogen-bond donors (Lipinski definition) is 1. The van der Waals surface area contributed by atoms with Gasteiger partial charge < -0.3 is 10.1 Å². The molecule has 1 fully saturated rings. The Morgan fingerprint density at radius 2 is 2.40 bits per heavy atom. The van der Waals surface area contributed by atoms with Crippen molar-refractivity contribution in [1.29, 1.82) is 0 Å². The first kappa shape index (κ1) is 12.5. The van der Waals surface area contributed by atoms with Crippen LogP contribution in [0.5, 0.6) is 0 Å². The van der Waals surface area contributed by atoms with E-state index in [9.17, 15) is 4.79 Å². The third kappa shape index (κ3) is 5.17. The summed E-state index contributed by atoms with van der Waals surface area (Å²) in [6, 6.07) is 0.360. The number of esters is 1. The molecule has 0 aromatic carbocycles. The van der Waals surface area contributed by atoms with Crippen LogP contribution in [0.4, 0.5) is 0 Å². The molecule has 0 bridgehead atoms. The van der Waals surface area contributed by atoms with Gasteiger partial charge in [-0.15, -0.1) is 0 Å². The molecule has 3 heteroatoms. The van der Waals surface area contributed by atoms with Gasteiger partial charge in [0.05, 0.1) is 13.0 Å². The van der Waals surface area contributed by atoms with E-state index < -0.39 is 0 Å². The summed E-state index contributed by atoms with van der Waals surface area (Å²) in [6.45, 7) is 5.91. The highest BCUT2D eigenvalue weighted by Gasteiger charge is 2.18.